The second-order valence-corrected chi connectivity index (χ2v) is 7.41. The minimum Gasteiger partial charge on any atom is -0.345 e. The molecule has 3 rings (SSSR count). The van der Waals surface area contributed by atoms with Crippen LogP contribution >= 0.6 is 11.3 Å². The molecule has 3 heterocycles. The fourth-order valence-electron chi connectivity index (χ4n) is 3.18. The molecule has 2 fully saturated rings. The van der Waals surface area contributed by atoms with Gasteiger partial charge in [0.2, 0.25) is 5.91 Å². The van der Waals surface area contributed by atoms with Crippen molar-refractivity contribution in [2.45, 2.75) is 33.2 Å². The number of aromatic nitrogens is 1. The highest BCUT2D eigenvalue weighted by molar-refractivity contribution is 7.13. The normalized spacial score (nSPS) is 21.4. The summed E-state index contributed by atoms with van der Waals surface area (Å²) in [5, 5.41) is 3.31. The van der Waals surface area contributed by atoms with Gasteiger partial charge in [0.05, 0.1) is 5.69 Å². The lowest BCUT2D eigenvalue weighted by molar-refractivity contribution is -0.129. The molecule has 0 aliphatic carbocycles. The quantitative estimate of drug-likeness (QED) is 0.854. The summed E-state index contributed by atoms with van der Waals surface area (Å²) in [6, 6.07) is 0. The van der Waals surface area contributed by atoms with Crippen molar-refractivity contribution in [3.05, 3.63) is 11.1 Å². The predicted molar refractivity (Wildman–Crippen MR) is 90.3 cm³/mol. The van der Waals surface area contributed by atoms with Gasteiger partial charge in [-0.3, -0.25) is 9.69 Å². The van der Waals surface area contributed by atoms with E-state index in [-0.39, 0.29) is 5.91 Å². The number of carbonyl (C=O) groups excluding carboxylic acids is 1. The lowest BCUT2D eigenvalue weighted by Crippen LogP contribution is -2.48. The van der Waals surface area contributed by atoms with Crippen molar-refractivity contribution in [3.8, 4) is 0 Å². The molecular formula is C16H26N4OS. The van der Waals surface area contributed by atoms with Crippen LogP contribution in [0.5, 0.6) is 0 Å². The number of amides is 1. The topological polar surface area (TPSA) is 39.7 Å². The Balaban J connectivity index is 1.52. The summed E-state index contributed by atoms with van der Waals surface area (Å²) < 4.78 is 0. The molecule has 0 aromatic carbocycles. The molecule has 0 atom stereocenters. The van der Waals surface area contributed by atoms with E-state index in [0.29, 0.717) is 0 Å². The Labute approximate surface area is 136 Å². The van der Waals surface area contributed by atoms with Crippen LogP contribution in [-0.2, 0) is 11.3 Å². The number of anilines is 1. The van der Waals surface area contributed by atoms with Crippen molar-refractivity contribution in [1.82, 2.24) is 14.8 Å². The summed E-state index contributed by atoms with van der Waals surface area (Å²) in [5.41, 5.74) is 1.20. The molecule has 0 unspecified atom stereocenters. The molecule has 2 aliphatic heterocycles. The summed E-state index contributed by atoms with van der Waals surface area (Å²) in [6.07, 6.45) is 2.62. The number of nitrogens with zero attached hydrogens (tertiary/aromatic N) is 4. The Morgan fingerprint density at radius 1 is 1.23 bits per heavy atom. The van der Waals surface area contributed by atoms with Gasteiger partial charge in [0.1, 0.15) is 0 Å². The standard InChI is InChI=1S/C16H26N4OS/c1-13-3-5-18(6-4-13)11-15-12-22-16(17-15)20-9-7-19(8-10-20)14(2)21/h12-13H,3-11H2,1-2H3. The van der Waals surface area contributed by atoms with E-state index in [4.69, 9.17) is 4.98 Å². The maximum absolute atomic E-state index is 11.4. The Kier molecular flexibility index (Phi) is 4.98. The monoisotopic (exact) mass is 322 g/mol. The summed E-state index contributed by atoms with van der Waals surface area (Å²) in [7, 11) is 0. The molecular weight excluding hydrogens is 296 g/mol. The van der Waals surface area contributed by atoms with Crippen molar-refractivity contribution in [2.75, 3.05) is 44.2 Å². The highest BCUT2D eigenvalue weighted by Gasteiger charge is 2.21. The van der Waals surface area contributed by atoms with Crippen LogP contribution in [0.25, 0.3) is 0 Å². The van der Waals surface area contributed by atoms with Crippen LogP contribution in [0.2, 0.25) is 0 Å². The molecule has 122 valence electrons. The van der Waals surface area contributed by atoms with Gasteiger partial charge in [-0.05, 0) is 31.8 Å². The molecule has 2 saturated heterocycles. The average Bonchev–Trinajstić information content (AvgIpc) is 2.98. The molecule has 1 amide bonds. The van der Waals surface area contributed by atoms with E-state index in [1.165, 1.54) is 31.6 Å². The van der Waals surface area contributed by atoms with Crippen LogP contribution in [-0.4, -0.2) is 60.0 Å². The molecule has 6 heteroatoms. The van der Waals surface area contributed by atoms with Gasteiger partial charge >= 0.3 is 0 Å². The summed E-state index contributed by atoms with van der Waals surface area (Å²) in [6.45, 7) is 10.8. The van der Waals surface area contributed by atoms with E-state index >= 15 is 0 Å². The first-order valence-corrected chi connectivity index (χ1v) is 9.17. The molecule has 5 nitrogen and oxygen atoms in total. The molecule has 0 radical (unpaired) electrons. The van der Waals surface area contributed by atoms with Gasteiger partial charge in [-0.2, -0.15) is 0 Å². The van der Waals surface area contributed by atoms with E-state index in [1.807, 2.05) is 4.90 Å². The molecule has 1 aromatic heterocycles. The number of hydrogen-bond donors (Lipinski definition) is 0. The largest absolute Gasteiger partial charge is 0.345 e. The van der Waals surface area contributed by atoms with Crippen molar-refractivity contribution < 1.29 is 4.79 Å². The lowest BCUT2D eigenvalue weighted by atomic mass is 9.99. The van der Waals surface area contributed by atoms with Gasteiger partial charge in [0.25, 0.3) is 0 Å². The van der Waals surface area contributed by atoms with Gasteiger partial charge in [-0.25, -0.2) is 4.98 Å². The minimum absolute atomic E-state index is 0.179. The SMILES string of the molecule is CC(=O)N1CCN(c2nc(CN3CCC(C)CC3)cs2)CC1. The third-order valence-corrected chi connectivity index (χ3v) is 5.75. The Bertz CT molecular complexity index is 502. The number of piperazine rings is 1. The number of thiazole rings is 1. The molecule has 22 heavy (non-hydrogen) atoms. The number of likely N-dealkylation sites (tertiary alicyclic amines) is 1. The molecule has 0 N–H and O–H groups in total. The first kappa shape index (κ1) is 15.7. The fraction of sp³-hybridized carbons (Fsp3) is 0.750. The van der Waals surface area contributed by atoms with Gasteiger partial charge in [-0.1, -0.05) is 6.92 Å². The van der Waals surface area contributed by atoms with Crippen molar-refractivity contribution >= 4 is 22.4 Å². The van der Waals surface area contributed by atoms with Crippen LogP contribution in [0.15, 0.2) is 5.38 Å². The van der Waals surface area contributed by atoms with E-state index < -0.39 is 0 Å². The second kappa shape index (κ2) is 6.96. The zero-order valence-corrected chi connectivity index (χ0v) is 14.4. The first-order valence-electron chi connectivity index (χ1n) is 8.29. The van der Waals surface area contributed by atoms with E-state index in [2.05, 4.69) is 22.1 Å². The lowest BCUT2D eigenvalue weighted by Gasteiger charge is -2.34. The van der Waals surface area contributed by atoms with Gasteiger partial charge in [0, 0.05) is 45.0 Å². The Hall–Kier alpha value is -1.14. The maximum atomic E-state index is 11.4. The number of piperidine rings is 1. The average molecular weight is 322 g/mol. The van der Waals surface area contributed by atoms with Crippen molar-refractivity contribution in [2.24, 2.45) is 5.92 Å². The molecule has 2 aliphatic rings. The zero-order chi connectivity index (χ0) is 15.5. The minimum atomic E-state index is 0.179. The third kappa shape index (κ3) is 3.79. The summed E-state index contributed by atoms with van der Waals surface area (Å²) in [4.78, 5) is 22.9. The van der Waals surface area contributed by atoms with Crippen LogP contribution < -0.4 is 4.90 Å². The molecule has 0 saturated carbocycles. The summed E-state index contributed by atoms with van der Waals surface area (Å²) in [5.74, 6) is 1.05. The van der Waals surface area contributed by atoms with Gasteiger partial charge < -0.3 is 9.80 Å². The number of hydrogen-bond acceptors (Lipinski definition) is 5. The van der Waals surface area contributed by atoms with E-state index in [9.17, 15) is 4.79 Å². The highest BCUT2D eigenvalue weighted by Crippen LogP contribution is 2.24. The Morgan fingerprint density at radius 2 is 1.91 bits per heavy atom. The maximum Gasteiger partial charge on any atom is 0.219 e. The van der Waals surface area contributed by atoms with E-state index in [1.54, 1.807) is 18.3 Å². The number of carbonyl (C=O) groups is 1. The van der Waals surface area contributed by atoms with Crippen LogP contribution in [0.3, 0.4) is 0 Å². The zero-order valence-electron chi connectivity index (χ0n) is 13.6. The van der Waals surface area contributed by atoms with Crippen LogP contribution in [0.1, 0.15) is 32.4 Å². The van der Waals surface area contributed by atoms with Gasteiger partial charge in [-0.15, -0.1) is 11.3 Å². The van der Waals surface area contributed by atoms with Crippen molar-refractivity contribution in [1.29, 1.82) is 0 Å². The van der Waals surface area contributed by atoms with E-state index in [0.717, 1.165) is 43.8 Å². The fourth-order valence-corrected chi connectivity index (χ4v) is 4.05. The first-order chi connectivity index (χ1) is 10.6. The molecule has 0 spiro atoms. The van der Waals surface area contributed by atoms with Crippen LogP contribution in [0.4, 0.5) is 5.13 Å². The van der Waals surface area contributed by atoms with Crippen molar-refractivity contribution in [3.63, 3.8) is 0 Å². The van der Waals surface area contributed by atoms with Crippen LogP contribution in [0, 0.1) is 5.92 Å². The third-order valence-electron chi connectivity index (χ3n) is 4.80. The smallest absolute Gasteiger partial charge is 0.219 e. The van der Waals surface area contributed by atoms with Gasteiger partial charge in [0.15, 0.2) is 5.13 Å². The Morgan fingerprint density at radius 3 is 2.55 bits per heavy atom. The highest BCUT2D eigenvalue weighted by atomic mass is 32.1. The second-order valence-electron chi connectivity index (χ2n) is 6.57. The molecule has 0 bridgehead atoms. The number of rotatable bonds is 3. The summed E-state index contributed by atoms with van der Waals surface area (Å²) >= 11 is 1.74. The molecule has 1 aromatic rings. The predicted octanol–water partition coefficient (Wildman–Crippen LogP) is 2.04.